The van der Waals surface area contributed by atoms with Crippen molar-refractivity contribution in [2.75, 3.05) is 6.61 Å². The SMILES string of the molecule is CCOC(=O)Cn1cnc(C2=NC(c3ccc(F)cc3Cl)C(C(=O)O)=C(C)N2)n1. The van der Waals surface area contributed by atoms with E-state index < -0.39 is 23.8 Å². The minimum atomic E-state index is -1.19. The van der Waals surface area contributed by atoms with E-state index in [4.69, 9.17) is 16.3 Å². The molecule has 1 aromatic carbocycles. The summed E-state index contributed by atoms with van der Waals surface area (Å²) in [6.45, 7) is 3.38. The van der Waals surface area contributed by atoms with Crippen molar-refractivity contribution in [2.24, 2.45) is 4.99 Å². The Hall–Kier alpha value is -3.27. The van der Waals surface area contributed by atoms with E-state index in [-0.39, 0.29) is 35.4 Å². The van der Waals surface area contributed by atoms with Crippen LogP contribution in [0.4, 0.5) is 4.39 Å². The lowest BCUT2D eigenvalue weighted by Crippen LogP contribution is -2.33. The van der Waals surface area contributed by atoms with Crippen molar-refractivity contribution in [3.8, 4) is 0 Å². The van der Waals surface area contributed by atoms with Crippen LogP contribution >= 0.6 is 11.6 Å². The van der Waals surface area contributed by atoms with E-state index in [2.05, 4.69) is 20.4 Å². The fraction of sp³-hybridized carbons (Fsp3) is 0.278. The Labute approximate surface area is 169 Å². The summed E-state index contributed by atoms with van der Waals surface area (Å²) in [5.41, 5.74) is 0.609. The maximum Gasteiger partial charge on any atom is 0.335 e. The molecule has 0 radical (unpaired) electrons. The summed E-state index contributed by atoms with van der Waals surface area (Å²) in [5.74, 6) is -1.86. The zero-order valence-corrected chi connectivity index (χ0v) is 16.3. The molecule has 29 heavy (non-hydrogen) atoms. The first-order chi connectivity index (χ1) is 13.8. The summed E-state index contributed by atoms with van der Waals surface area (Å²) in [7, 11) is 0. The van der Waals surface area contributed by atoms with Gasteiger partial charge < -0.3 is 15.2 Å². The second-order valence-corrected chi connectivity index (χ2v) is 6.49. The number of carbonyl (C=O) groups is 2. The molecule has 1 unspecified atom stereocenters. The molecular weight excluding hydrogens is 405 g/mol. The minimum Gasteiger partial charge on any atom is -0.478 e. The number of aliphatic carboxylic acids is 1. The number of carbonyl (C=O) groups excluding carboxylic acids is 1. The molecular formula is C18H17ClFN5O4. The first kappa shape index (κ1) is 20.5. The molecule has 1 aromatic heterocycles. The monoisotopic (exact) mass is 421 g/mol. The van der Waals surface area contributed by atoms with Crippen LogP contribution in [0.15, 0.2) is 40.8 Å². The van der Waals surface area contributed by atoms with Gasteiger partial charge >= 0.3 is 11.9 Å². The van der Waals surface area contributed by atoms with E-state index in [1.807, 2.05) is 0 Å². The van der Waals surface area contributed by atoms with Gasteiger partial charge in [0.15, 0.2) is 5.84 Å². The van der Waals surface area contributed by atoms with Gasteiger partial charge in [0.25, 0.3) is 0 Å². The van der Waals surface area contributed by atoms with Crippen LogP contribution < -0.4 is 5.32 Å². The summed E-state index contributed by atoms with van der Waals surface area (Å²) in [6, 6.07) is 2.67. The maximum atomic E-state index is 13.4. The third-order valence-electron chi connectivity index (χ3n) is 4.07. The molecule has 0 saturated heterocycles. The summed E-state index contributed by atoms with van der Waals surface area (Å²) >= 11 is 6.13. The lowest BCUT2D eigenvalue weighted by Gasteiger charge is -2.24. The van der Waals surface area contributed by atoms with Gasteiger partial charge in [-0.1, -0.05) is 17.7 Å². The van der Waals surface area contributed by atoms with Crippen LogP contribution in [0.25, 0.3) is 0 Å². The Bertz CT molecular complexity index is 1030. The molecule has 0 fully saturated rings. The third kappa shape index (κ3) is 4.43. The Morgan fingerprint density at radius 3 is 2.83 bits per heavy atom. The molecule has 2 N–H and O–H groups in total. The molecule has 2 heterocycles. The lowest BCUT2D eigenvalue weighted by atomic mass is 9.96. The van der Waals surface area contributed by atoms with Crippen LogP contribution in [-0.4, -0.2) is 44.3 Å². The fourth-order valence-electron chi connectivity index (χ4n) is 2.83. The molecule has 0 bridgehead atoms. The van der Waals surface area contributed by atoms with Crippen LogP contribution in [0.3, 0.4) is 0 Å². The van der Waals surface area contributed by atoms with Crippen LogP contribution in [0, 0.1) is 5.82 Å². The van der Waals surface area contributed by atoms with Crippen molar-refractivity contribution in [1.82, 2.24) is 20.1 Å². The van der Waals surface area contributed by atoms with Gasteiger partial charge in [0.05, 0.1) is 12.2 Å². The first-order valence-corrected chi connectivity index (χ1v) is 8.97. The van der Waals surface area contributed by atoms with Gasteiger partial charge in [-0.2, -0.15) is 0 Å². The molecule has 1 aliphatic rings. The highest BCUT2D eigenvalue weighted by atomic mass is 35.5. The predicted octanol–water partition coefficient (Wildman–Crippen LogP) is 2.08. The molecule has 1 atom stereocenters. The van der Waals surface area contributed by atoms with Gasteiger partial charge in [-0.05, 0) is 26.0 Å². The second kappa shape index (κ2) is 8.39. The van der Waals surface area contributed by atoms with Crippen molar-refractivity contribution in [2.45, 2.75) is 26.4 Å². The van der Waals surface area contributed by atoms with Crippen molar-refractivity contribution >= 4 is 29.4 Å². The fourth-order valence-corrected chi connectivity index (χ4v) is 3.10. The number of carboxylic acid groups (broad SMARTS) is 1. The number of amidine groups is 1. The summed E-state index contributed by atoms with van der Waals surface area (Å²) in [5, 5.41) is 16.7. The van der Waals surface area contributed by atoms with E-state index in [9.17, 15) is 19.1 Å². The number of esters is 1. The Morgan fingerprint density at radius 2 is 2.17 bits per heavy atom. The number of nitrogens with one attached hydrogen (secondary N) is 1. The molecule has 0 spiro atoms. The number of benzene rings is 1. The van der Waals surface area contributed by atoms with Crippen molar-refractivity contribution in [3.05, 3.63) is 58.0 Å². The van der Waals surface area contributed by atoms with Crippen LogP contribution in [0.5, 0.6) is 0 Å². The zero-order chi connectivity index (χ0) is 21.1. The molecule has 0 amide bonds. The average Bonchev–Trinajstić information content (AvgIpc) is 3.09. The number of aliphatic imine (C=N–C) groups is 1. The zero-order valence-electron chi connectivity index (χ0n) is 15.5. The smallest absolute Gasteiger partial charge is 0.335 e. The molecule has 1 aliphatic heterocycles. The summed E-state index contributed by atoms with van der Waals surface area (Å²) in [6.07, 6.45) is 1.34. The molecule has 11 heteroatoms. The normalized spacial score (nSPS) is 16.3. The van der Waals surface area contributed by atoms with Crippen LogP contribution in [-0.2, 0) is 20.9 Å². The maximum absolute atomic E-state index is 13.4. The lowest BCUT2D eigenvalue weighted by molar-refractivity contribution is -0.144. The largest absolute Gasteiger partial charge is 0.478 e. The molecule has 3 rings (SSSR count). The average molecular weight is 422 g/mol. The molecule has 0 saturated carbocycles. The highest BCUT2D eigenvalue weighted by Crippen LogP contribution is 2.35. The molecule has 0 aliphatic carbocycles. The van der Waals surface area contributed by atoms with E-state index in [0.29, 0.717) is 11.3 Å². The van der Waals surface area contributed by atoms with Gasteiger partial charge in [0.1, 0.15) is 24.7 Å². The Balaban J connectivity index is 1.98. The second-order valence-electron chi connectivity index (χ2n) is 6.09. The number of ether oxygens (including phenoxy) is 1. The van der Waals surface area contributed by atoms with E-state index in [0.717, 1.165) is 6.07 Å². The van der Waals surface area contributed by atoms with E-state index >= 15 is 0 Å². The van der Waals surface area contributed by atoms with Crippen LogP contribution in [0.1, 0.15) is 31.3 Å². The molecule has 9 nitrogen and oxygen atoms in total. The highest BCUT2D eigenvalue weighted by molar-refractivity contribution is 6.31. The van der Waals surface area contributed by atoms with Gasteiger partial charge in [-0.15, -0.1) is 5.10 Å². The number of aromatic nitrogens is 3. The number of carboxylic acids is 1. The quantitative estimate of drug-likeness (QED) is 0.685. The highest BCUT2D eigenvalue weighted by Gasteiger charge is 2.31. The molecule has 2 aromatic rings. The van der Waals surface area contributed by atoms with Crippen molar-refractivity contribution < 1.29 is 23.8 Å². The van der Waals surface area contributed by atoms with Crippen molar-refractivity contribution in [1.29, 1.82) is 0 Å². The van der Waals surface area contributed by atoms with Crippen molar-refractivity contribution in [3.63, 3.8) is 0 Å². The number of allylic oxidation sites excluding steroid dienone is 1. The summed E-state index contributed by atoms with van der Waals surface area (Å²) in [4.78, 5) is 31.9. The van der Waals surface area contributed by atoms with E-state index in [1.165, 1.54) is 23.1 Å². The predicted molar refractivity (Wildman–Crippen MR) is 101 cm³/mol. The summed E-state index contributed by atoms with van der Waals surface area (Å²) < 4.78 is 19.6. The number of rotatable bonds is 6. The van der Waals surface area contributed by atoms with E-state index in [1.54, 1.807) is 13.8 Å². The number of halogens is 2. The Morgan fingerprint density at radius 1 is 1.41 bits per heavy atom. The van der Waals surface area contributed by atoms with Crippen LogP contribution in [0.2, 0.25) is 5.02 Å². The Kier molecular flexibility index (Phi) is 5.92. The number of hydrogen-bond donors (Lipinski definition) is 2. The molecule has 152 valence electrons. The minimum absolute atomic E-state index is 0.0341. The van der Waals surface area contributed by atoms with Gasteiger partial charge in [0, 0.05) is 16.3 Å². The topological polar surface area (TPSA) is 119 Å². The van der Waals surface area contributed by atoms with Gasteiger partial charge in [-0.3, -0.25) is 9.79 Å². The van der Waals surface area contributed by atoms with Gasteiger partial charge in [0.2, 0.25) is 5.82 Å². The number of hydrogen-bond acceptors (Lipinski definition) is 7. The first-order valence-electron chi connectivity index (χ1n) is 8.59. The van der Waals surface area contributed by atoms with Gasteiger partial charge in [-0.25, -0.2) is 18.9 Å². The third-order valence-corrected chi connectivity index (χ3v) is 4.40. The number of nitrogens with zero attached hydrogens (tertiary/aromatic N) is 4. The standard InChI is InChI=1S/C18H17ClFN5O4/c1-3-29-13(26)7-25-8-21-16(24-25)17-22-9(2)14(18(27)28)15(23-17)11-5-4-10(20)6-12(11)19/h4-6,8,15H,3,7H2,1-2H3,(H,22,23)(H,27,28).